The minimum absolute atomic E-state index is 0.282. The monoisotopic (exact) mass is 247 g/mol. The molecule has 0 unspecified atom stereocenters. The summed E-state index contributed by atoms with van der Waals surface area (Å²) in [4.78, 5) is 13.5. The smallest absolute Gasteiger partial charge is 0.308 e. The minimum Gasteiger partial charge on any atom is -0.493 e. The highest BCUT2D eigenvalue weighted by molar-refractivity contribution is 5.71. The van der Waals surface area contributed by atoms with Crippen LogP contribution in [0.15, 0.2) is 29.4 Å². The first-order valence-corrected chi connectivity index (χ1v) is 5.21. The van der Waals surface area contributed by atoms with Crippen molar-refractivity contribution in [3.05, 3.63) is 40.3 Å². The number of methoxy groups -OCH3 is 1. The number of ether oxygens (including phenoxy) is 2. The van der Waals surface area contributed by atoms with Gasteiger partial charge in [0.2, 0.25) is 0 Å². The van der Waals surface area contributed by atoms with E-state index in [2.05, 4.69) is 10.0 Å². The molecule has 94 valence electrons. The Labute approximate surface area is 104 Å². The molecule has 0 radical (unpaired) electrons. The normalized spacial score (nSPS) is 9.89. The Balaban J connectivity index is 2.87. The molecule has 0 atom stereocenters. The molecule has 0 aliphatic heterocycles. The van der Waals surface area contributed by atoms with E-state index >= 15 is 0 Å². The van der Waals surface area contributed by atoms with Crippen LogP contribution in [0.2, 0.25) is 0 Å². The van der Waals surface area contributed by atoms with Gasteiger partial charge in [0.25, 0.3) is 0 Å². The van der Waals surface area contributed by atoms with Crippen LogP contribution >= 0.6 is 0 Å². The van der Waals surface area contributed by atoms with Gasteiger partial charge in [-0.2, -0.15) is 0 Å². The number of rotatable bonds is 5. The van der Waals surface area contributed by atoms with Crippen LogP contribution in [-0.2, 0) is 4.79 Å². The summed E-state index contributed by atoms with van der Waals surface area (Å²) in [5.74, 6) is 0.438. The molecule has 0 bridgehead atoms. The van der Waals surface area contributed by atoms with Gasteiger partial charge in [0, 0.05) is 18.4 Å². The second kappa shape index (κ2) is 6.98. The van der Waals surface area contributed by atoms with Crippen LogP contribution in [0.4, 0.5) is 0 Å². The summed E-state index contributed by atoms with van der Waals surface area (Å²) < 4.78 is 10.1. The molecule has 0 aliphatic carbocycles. The molecule has 6 nitrogen and oxygen atoms in total. The molecule has 18 heavy (non-hydrogen) atoms. The van der Waals surface area contributed by atoms with Crippen molar-refractivity contribution in [2.24, 2.45) is 5.11 Å². The van der Waals surface area contributed by atoms with E-state index in [1.165, 1.54) is 14.0 Å². The maximum absolute atomic E-state index is 10.9. The van der Waals surface area contributed by atoms with E-state index in [1.54, 1.807) is 30.4 Å². The number of hydrogen-bond acceptors (Lipinski definition) is 4. The first kappa shape index (κ1) is 13.6. The van der Waals surface area contributed by atoms with Crippen molar-refractivity contribution in [1.29, 1.82) is 0 Å². The third-order valence-corrected chi connectivity index (χ3v) is 2.00. The summed E-state index contributed by atoms with van der Waals surface area (Å²) in [6.45, 7) is 1.61. The van der Waals surface area contributed by atoms with Crippen molar-refractivity contribution in [1.82, 2.24) is 0 Å². The number of esters is 1. The van der Waals surface area contributed by atoms with E-state index in [0.717, 1.165) is 5.56 Å². The maximum Gasteiger partial charge on any atom is 0.308 e. The molecule has 0 fully saturated rings. The van der Waals surface area contributed by atoms with E-state index in [0.29, 0.717) is 11.5 Å². The number of carbonyl (C=O) groups excluding carboxylic acids is 1. The molecular formula is C12H13N3O3. The van der Waals surface area contributed by atoms with Crippen LogP contribution in [0.5, 0.6) is 11.5 Å². The predicted octanol–water partition coefficient (Wildman–Crippen LogP) is 2.94. The molecule has 1 aromatic rings. The van der Waals surface area contributed by atoms with Crippen LogP contribution in [0.3, 0.4) is 0 Å². The second-order valence-electron chi connectivity index (χ2n) is 3.32. The fraction of sp³-hybridized carbons (Fsp3) is 0.250. The minimum atomic E-state index is -0.403. The highest BCUT2D eigenvalue weighted by Crippen LogP contribution is 2.28. The lowest BCUT2D eigenvalue weighted by Gasteiger charge is -2.08. The summed E-state index contributed by atoms with van der Waals surface area (Å²) in [5.41, 5.74) is 8.98. The molecule has 0 aliphatic rings. The Kier molecular flexibility index (Phi) is 5.28. The lowest BCUT2D eigenvalue weighted by Crippen LogP contribution is -2.02. The molecule has 0 N–H and O–H groups in total. The molecule has 6 heteroatoms. The molecule has 1 aromatic carbocycles. The molecule has 1 rings (SSSR count). The van der Waals surface area contributed by atoms with Gasteiger partial charge in [-0.05, 0) is 23.2 Å². The van der Waals surface area contributed by atoms with Gasteiger partial charge in [0.15, 0.2) is 11.5 Å². The maximum atomic E-state index is 10.9. The molecule has 0 heterocycles. The summed E-state index contributed by atoms with van der Waals surface area (Å²) >= 11 is 0. The van der Waals surface area contributed by atoms with Crippen molar-refractivity contribution in [3.8, 4) is 11.5 Å². The zero-order valence-electron chi connectivity index (χ0n) is 10.2. The highest BCUT2D eigenvalue weighted by Gasteiger charge is 2.06. The van der Waals surface area contributed by atoms with E-state index in [9.17, 15) is 4.79 Å². The lowest BCUT2D eigenvalue weighted by atomic mass is 10.2. The SMILES string of the molecule is COc1cc(C=CCN=[N+]=[N-])ccc1OC(C)=O. The highest BCUT2D eigenvalue weighted by atomic mass is 16.6. The average Bonchev–Trinajstić information content (AvgIpc) is 2.35. The second-order valence-corrected chi connectivity index (χ2v) is 3.32. The Morgan fingerprint density at radius 1 is 1.50 bits per heavy atom. The zero-order valence-corrected chi connectivity index (χ0v) is 10.2. The third kappa shape index (κ3) is 4.19. The van der Waals surface area contributed by atoms with Gasteiger partial charge >= 0.3 is 5.97 Å². The van der Waals surface area contributed by atoms with Crippen molar-refractivity contribution >= 4 is 12.0 Å². The van der Waals surface area contributed by atoms with E-state index in [4.69, 9.17) is 15.0 Å². The fourth-order valence-corrected chi connectivity index (χ4v) is 1.30. The summed E-state index contributed by atoms with van der Waals surface area (Å²) in [5, 5.41) is 3.38. The molecule has 0 amide bonds. The van der Waals surface area contributed by atoms with E-state index in [-0.39, 0.29) is 6.54 Å². The van der Waals surface area contributed by atoms with Gasteiger partial charge in [0.05, 0.1) is 7.11 Å². The standard InChI is InChI=1S/C12H13N3O3/c1-9(16)18-11-6-5-10(8-12(11)17-2)4-3-7-14-15-13/h3-6,8H,7H2,1-2H3. The van der Waals surface area contributed by atoms with Crippen LogP contribution in [0.1, 0.15) is 12.5 Å². The topological polar surface area (TPSA) is 84.3 Å². The van der Waals surface area contributed by atoms with E-state index in [1.807, 2.05) is 0 Å². The molecule has 0 spiro atoms. The fourth-order valence-electron chi connectivity index (χ4n) is 1.30. The Hall–Kier alpha value is -2.46. The largest absolute Gasteiger partial charge is 0.493 e. The number of hydrogen-bond donors (Lipinski definition) is 0. The summed E-state index contributed by atoms with van der Waals surface area (Å²) in [6.07, 6.45) is 3.51. The first-order chi connectivity index (χ1) is 8.67. The van der Waals surface area contributed by atoms with Gasteiger partial charge in [-0.1, -0.05) is 23.3 Å². The third-order valence-electron chi connectivity index (χ3n) is 2.00. The Bertz CT molecular complexity index is 505. The number of azide groups is 1. The molecule has 0 aromatic heterocycles. The van der Waals surface area contributed by atoms with Crippen molar-refractivity contribution in [2.45, 2.75) is 6.92 Å². The Morgan fingerprint density at radius 3 is 2.89 bits per heavy atom. The van der Waals surface area contributed by atoms with Gasteiger partial charge in [-0.15, -0.1) is 0 Å². The van der Waals surface area contributed by atoms with Crippen molar-refractivity contribution in [3.63, 3.8) is 0 Å². The van der Waals surface area contributed by atoms with Gasteiger partial charge in [0.1, 0.15) is 0 Å². The van der Waals surface area contributed by atoms with Crippen molar-refractivity contribution in [2.75, 3.05) is 13.7 Å². The molecular weight excluding hydrogens is 234 g/mol. The zero-order chi connectivity index (χ0) is 13.4. The average molecular weight is 247 g/mol. The quantitative estimate of drug-likeness (QED) is 0.263. The van der Waals surface area contributed by atoms with Crippen molar-refractivity contribution < 1.29 is 14.3 Å². The predicted molar refractivity (Wildman–Crippen MR) is 67.4 cm³/mol. The first-order valence-electron chi connectivity index (χ1n) is 5.21. The van der Waals surface area contributed by atoms with Crippen LogP contribution in [-0.4, -0.2) is 19.6 Å². The van der Waals surface area contributed by atoms with Crippen LogP contribution in [0.25, 0.3) is 16.5 Å². The van der Waals surface area contributed by atoms with Crippen LogP contribution in [0, 0.1) is 0 Å². The van der Waals surface area contributed by atoms with Gasteiger partial charge in [-0.25, -0.2) is 0 Å². The number of benzene rings is 1. The number of carbonyl (C=O) groups is 1. The van der Waals surface area contributed by atoms with E-state index < -0.39 is 5.97 Å². The molecule has 0 saturated heterocycles. The Morgan fingerprint density at radius 2 is 2.28 bits per heavy atom. The van der Waals surface area contributed by atoms with Gasteiger partial charge in [-0.3, -0.25) is 4.79 Å². The summed E-state index contributed by atoms with van der Waals surface area (Å²) in [7, 11) is 1.50. The number of nitrogens with zero attached hydrogens (tertiary/aromatic N) is 3. The lowest BCUT2D eigenvalue weighted by molar-refractivity contribution is -0.132. The van der Waals surface area contributed by atoms with Gasteiger partial charge < -0.3 is 9.47 Å². The van der Waals surface area contributed by atoms with Crippen LogP contribution < -0.4 is 9.47 Å². The summed E-state index contributed by atoms with van der Waals surface area (Å²) in [6, 6.07) is 5.14. The molecule has 0 saturated carbocycles.